The van der Waals surface area contributed by atoms with Crippen molar-refractivity contribution in [2.24, 2.45) is 12.8 Å². The number of benzene rings is 1. The number of nitrogens with zero attached hydrogens (tertiary/aromatic N) is 2. The summed E-state index contributed by atoms with van der Waals surface area (Å²) in [5.74, 6) is -0.714. The first-order valence-corrected chi connectivity index (χ1v) is 6.66. The second-order valence-electron chi connectivity index (χ2n) is 4.55. The Morgan fingerprint density at radius 2 is 2.04 bits per heavy atom. The van der Waals surface area contributed by atoms with Crippen LogP contribution in [0.5, 0.6) is 0 Å². The van der Waals surface area contributed by atoms with Crippen LogP contribution < -0.4 is 16.4 Å². The fourth-order valence-electron chi connectivity index (χ4n) is 1.88. The van der Waals surface area contributed by atoms with E-state index in [9.17, 15) is 18.0 Å². The standard InChI is InChI=1S/C13H12F3N5OS/c1-21-10(11(17)22)9(6-18-21)20-12(23)19-8-4-2-3-7(5-8)13(14,15)16/h2-6H,1H3,(H2,17,22)(H2,19,20,23). The fourth-order valence-corrected chi connectivity index (χ4v) is 2.11. The average molecular weight is 343 g/mol. The van der Waals surface area contributed by atoms with Gasteiger partial charge in [-0.2, -0.15) is 18.3 Å². The molecule has 122 valence electrons. The van der Waals surface area contributed by atoms with E-state index in [0.717, 1.165) is 12.1 Å². The van der Waals surface area contributed by atoms with Crippen molar-refractivity contribution in [3.8, 4) is 0 Å². The van der Waals surface area contributed by atoms with Gasteiger partial charge >= 0.3 is 6.18 Å². The number of hydrogen-bond donors (Lipinski definition) is 3. The topological polar surface area (TPSA) is 85.0 Å². The van der Waals surface area contributed by atoms with Crippen LogP contribution in [0.3, 0.4) is 0 Å². The van der Waals surface area contributed by atoms with Crippen LogP contribution in [-0.4, -0.2) is 20.8 Å². The van der Waals surface area contributed by atoms with Crippen molar-refractivity contribution in [2.75, 3.05) is 10.6 Å². The maximum atomic E-state index is 12.7. The Hall–Kier alpha value is -2.62. The number of carbonyl (C=O) groups is 1. The first-order valence-electron chi connectivity index (χ1n) is 6.25. The van der Waals surface area contributed by atoms with Gasteiger partial charge < -0.3 is 16.4 Å². The van der Waals surface area contributed by atoms with Gasteiger partial charge in [-0.3, -0.25) is 9.48 Å². The number of aryl methyl sites for hydroxylation is 1. The molecule has 0 radical (unpaired) electrons. The number of halogens is 3. The minimum atomic E-state index is -4.45. The Bertz CT molecular complexity index is 756. The molecule has 0 aliphatic rings. The molecular formula is C13H12F3N5OS. The molecular weight excluding hydrogens is 331 g/mol. The summed E-state index contributed by atoms with van der Waals surface area (Å²) in [7, 11) is 1.52. The number of amides is 1. The zero-order valence-corrected chi connectivity index (χ0v) is 12.6. The molecule has 23 heavy (non-hydrogen) atoms. The van der Waals surface area contributed by atoms with E-state index >= 15 is 0 Å². The molecule has 0 aliphatic heterocycles. The second kappa shape index (κ2) is 6.24. The lowest BCUT2D eigenvalue weighted by Crippen LogP contribution is -2.23. The Labute approximate surface area is 134 Å². The van der Waals surface area contributed by atoms with Crippen molar-refractivity contribution in [3.63, 3.8) is 0 Å². The maximum absolute atomic E-state index is 12.7. The molecule has 0 saturated carbocycles. The molecule has 1 aromatic carbocycles. The summed E-state index contributed by atoms with van der Waals surface area (Å²) in [5.41, 5.74) is 4.93. The summed E-state index contributed by atoms with van der Waals surface area (Å²) in [5, 5.41) is 9.15. The normalized spacial score (nSPS) is 11.1. The van der Waals surface area contributed by atoms with Crippen molar-refractivity contribution < 1.29 is 18.0 Å². The van der Waals surface area contributed by atoms with E-state index in [4.69, 9.17) is 18.0 Å². The highest BCUT2D eigenvalue weighted by molar-refractivity contribution is 7.80. The number of anilines is 2. The van der Waals surface area contributed by atoms with Crippen molar-refractivity contribution in [1.29, 1.82) is 0 Å². The molecule has 0 atom stereocenters. The number of rotatable bonds is 3. The molecule has 1 amide bonds. The van der Waals surface area contributed by atoms with Crippen LogP contribution in [0.1, 0.15) is 16.1 Å². The SMILES string of the molecule is Cn1ncc(NC(=S)Nc2cccc(C(F)(F)F)c2)c1C(N)=O. The van der Waals surface area contributed by atoms with Gasteiger partial charge in [-0.1, -0.05) is 6.07 Å². The summed E-state index contributed by atoms with van der Waals surface area (Å²) in [6.45, 7) is 0. The Balaban J connectivity index is 2.13. The molecule has 0 aliphatic carbocycles. The summed E-state index contributed by atoms with van der Waals surface area (Å²) >= 11 is 5.02. The number of carbonyl (C=O) groups excluding carboxylic acids is 1. The van der Waals surface area contributed by atoms with E-state index in [2.05, 4.69) is 15.7 Å². The van der Waals surface area contributed by atoms with Gasteiger partial charge in [0.05, 0.1) is 17.4 Å². The molecule has 0 unspecified atom stereocenters. The lowest BCUT2D eigenvalue weighted by Gasteiger charge is -2.12. The quantitative estimate of drug-likeness (QED) is 0.745. The zero-order valence-electron chi connectivity index (χ0n) is 11.8. The highest BCUT2D eigenvalue weighted by Gasteiger charge is 2.30. The number of thiocarbonyl (C=S) groups is 1. The Kier molecular flexibility index (Phi) is 4.55. The van der Waals surface area contributed by atoms with E-state index in [1.807, 2.05) is 0 Å². The molecule has 10 heteroatoms. The minimum Gasteiger partial charge on any atom is -0.364 e. The van der Waals surface area contributed by atoms with Gasteiger partial charge in [0.2, 0.25) is 0 Å². The van der Waals surface area contributed by atoms with E-state index in [0.29, 0.717) is 0 Å². The molecule has 1 heterocycles. The van der Waals surface area contributed by atoms with Crippen LogP contribution in [0.2, 0.25) is 0 Å². The van der Waals surface area contributed by atoms with E-state index < -0.39 is 17.6 Å². The van der Waals surface area contributed by atoms with Crippen molar-refractivity contribution in [1.82, 2.24) is 9.78 Å². The number of nitrogens with one attached hydrogen (secondary N) is 2. The molecule has 0 saturated heterocycles. The Morgan fingerprint density at radius 1 is 1.35 bits per heavy atom. The zero-order chi connectivity index (χ0) is 17.2. The minimum absolute atomic E-state index is 0.000163. The number of alkyl halides is 3. The summed E-state index contributed by atoms with van der Waals surface area (Å²) in [6.07, 6.45) is -3.12. The van der Waals surface area contributed by atoms with Crippen molar-refractivity contribution in [3.05, 3.63) is 41.7 Å². The smallest absolute Gasteiger partial charge is 0.364 e. The van der Waals surface area contributed by atoms with Crippen molar-refractivity contribution >= 4 is 34.6 Å². The monoisotopic (exact) mass is 343 g/mol. The third-order valence-electron chi connectivity index (χ3n) is 2.87. The van der Waals surface area contributed by atoms with Crippen LogP contribution >= 0.6 is 12.2 Å². The van der Waals surface area contributed by atoms with Crippen LogP contribution in [0.4, 0.5) is 24.5 Å². The lowest BCUT2D eigenvalue weighted by molar-refractivity contribution is -0.137. The number of primary amides is 1. The summed E-state index contributed by atoms with van der Waals surface area (Å²) in [6, 6.07) is 4.56. The molecule has 0 fully saturated rings. The lowest BCUT2D eigenvalue weighted by atomic mass is 10.2. The van der Waals surface area contributed by atoms with Crippen LogP contribution in [-0.2, 0) is 13.2 Å². The third kappa shape index (κ3) is 3.97. The molecule has 6 nitrogen and oxygen atoms in total. The van der Waals surface area contributed by atoms with Gasteiger partial charge in [-0.05, 0) is 30.4 Å². The summed E-state index contributed by atoms with van der Waals surface area (Å²) in [4.78, 5) is 11.3. The first kappa shape index (κ1) is 16.7. The molecule has 2 rings (SSSR count). The third-order valence-corrected chi connectivity index (χ3v) is 3.07. The van der Waals surface area contributed by atoms with E-state index in [1.54, 1.807) is 0 Å². The summed E-state index contributed by atoms with van der Waals surface area (Å²) < 4.78 is 39.2. The van der Waals surface area contributed by atoms with Crippen LogP contribution in [0.15, 0.2) is 30.5 Å². The van der Waals surface area contributed by atoms with Gasteiger partial charge in [0.1, 0.15) is 5.69 Å². The van der Waals surface area contributed by atoms with Gasteiger partial charge in [-0.15, -0.1) is 0 Å². The average Bonchev–Trinajstić information content (AvgIpc) is 2.78. The maximum Gasteiger partial charge on any atom is 0.416 e. The highest BCUT2D eigenvalue weighted by Crippen LogP contribution is 2.30. The van der Waals surface area contributed by atoms with Gasteiger partial charge in [0.25, 0.3) is 5.91 Å². The largest absolute Gasteiger partial charge is 0.416 e. The van der Waals surface area contributed by atoms with Gasteiger partial charge in [0.15, 0.2) is 5.11 Å². The molecule has 4 N–H and O–H groups in total. The molecule has 2 aromatic rings. The van der Waals surface area contributed by atoms with E-state index in [1.165, 1.54) is 30.1 Å². The number of nitrogens with two attached hydrogens (primary N) is 1. The first-order chi connectivity index (χ1) is 10.7. The predicted molar refractivity (Wildman–Crippen MR) is 83.0 cm³/mol. The molecule has 0 bridgehead atoms. The molecule has 1 aromatic heterocycles. The Morgan fingerprint density at radius 3 is 2.65 bits per heavy atom. The number of hydrogen-bond acceptors (Lipinski definition) is 3. The van der Waals surface area contributed by atoms with Crippen LogP contribution in [0, 0.1) is 0 Å². The molecule has 0 spiro atoms. The van der Waals surface area contributed by atoms with Crippen molar-refractivity contribution in [2.45, 2.75) is 6.18 Å². The van der Waals surface area contributed by atoms with Crippen LogP contribution in [0.25, 0.3) is 0 Å². The fraction of sp³-hybridized carbons (Fsp3) is 0.154. The number of aromatic nitrogens is 2. The second-order valence-corrected chi connectivity index (χ2v) is 4.96. The van der Waals surface area contributed by atoms with E-state index in [-0.39, 0.29) is 22.2 Å². The van der Waals surface area contributed by atoms with Gasteiger partial charge in [0, 0.05) is 12.7 Å². The predicted octanol–water partition coefficient (Wildman–Crippen LogP) is 2.35. The highest BCUT2D eigenvalue weighted by atomic mass is 32.1. The van der Waals surface area contributed by atoms with Gasteiger partial charge in [-0.25, -0.2) is 0 Å².